The molecule has 0 spiro atoms. The van der Waals surface area contributed by atoms with Crippen molar-refractivity contribution in [3.8, 4) is 0 Å². The molecule has 2 aromatic rings. The molecule has 1 amide bonds. The number of fused-ring (bicyclic) bond motifs is 1. The molecule has 1 aromatic heterocycles. The molecule has 0 radical (unpaired) electrons. The zero-order valence-electron chi connectivity index (χ0n) is 15.1. The molecular weight excluding hydrogens is 377 g/mol. The van der Waals surface area contributed by atoms with E-state index >= 15 is 0 Å². The van der Waals surface area contributed by atoms with E-state index in [1.54, 1.807) is 31.2 Å². The summed E-state index contributed by atoms with van der Waals surface area (Å²) < 4.78 is 43.3. The number of nitrogens with one attached hydrogen (secondary N) is 1. The fourth-order valence-corrected chi connectivity index (χ4v) is 3.08. The number of carbonyl (C=O) groups is 2. The predicted molar refractivity (Wildman–Crippen MR) is 94.8 cm³/mol. The van der Waals surface area contributed by atoms with E-state index in [0.717, 1.165) is 18.9 Å². The first-order chi connectivity index (χ1) is 13.2. The SMILES string of the molecule is C[C@H](C1CC1)N(CC(F)(F)F)C(=O)COC(=O)c1cc(=O)c2ccccc2[nH]1. The maximum absolute atomic E-state index is 12.8. The molecule has 150 valence electrons. The number of para-hydroxylation sites is 1. The number of aromatic nitrogens is 1. The molecule has 1 aliphatic rings. The Morgan fingerprint density at radius 3 is 2.61 bits per heavy atom. The van der Waals surface area contributed by atoms with Gasteiger partial charge in [-0.25, -0.2) is 4.79 Å². The minimum absolute atomic E-state index is 0.0267. The van der Waals surface area contributed by atoms with Crippen LogP contribution in [0.1, 0.15) is 30.3 Å². The molecular formula is C19H19F3N2O4. The Balaban J connectivity index is 1.70. The second-order valence-electron chi connectivity index (χ2n) is 6.88. The summed E-state index contributed by atoms with van der Waals surface area (Å²) in [6.45, 7) is -0.668. The molecule has 0 unspecified atom stereocenters. The summed E-state index contributed by atoms with van der Waals surface area (Å²) in [6.07, 6.45) is -3.02. The van der Waals surface area contributed by atoms with Crippen molar-refractivity contribution < 1.29 is 27.5 Å². The lowest BCUT2D eigenvalue weighted by Crippen LogP contribution is -2.47. The van der Waals surface area contributed by atoms with Gasteiger partial charge < -0.3 is 14.6 Å². The summed E-state index contributed by atoms with van der Waals surface area (Å²) in [7, 11) is 0. The number of hydrogen-bond acceptors (Lipinski definition) is 4. The normalized spacial score (nSPS) is 15.3. The number of aromatic amines is 1. The highest BCUT2D eigenvalue weighted by Gasteiger charge is 2.40. The molecule has 6 nitrogen and oxygen atoms in total. The van der Waals surface area contributed by atoms with Crippen molar-refractivity contribution in [2.24, 2.45) is 5.92 Å². The van der Waals surface area contributed by atoms with Crippen molar-refractivity contribution in [1.29, 1.82) is 0 Å². The Morgan fingerprint density at radius 1 is 1.29 bits per heavy atom. The molecule has 1 N–H and O–H groups in total. The Hall–Kier alpha value is -2.84. The van der Waals surface area contributed by atoms with Crippen LogP contribution in [-0.4, -0.2) is 47.1 Å². The molecule has 1 heterocycles. The van der Waals surface area contributed by atoms with Crippen molar-refractivity contribution in [2.45, 2.75) is 32.0 Å². The van der Waals surface area contributed by atoms with Crippen molar-refractivity contribution in [1.82, 2.24) is 9.88 Å². The highest BCUT2D eigenvalue weighted by atomic mass is 19.4. The molecule has 3 rings (SSSR count). The summed E-state index contributed by atoms with van der Waals surface area (Å²) >= 11 is 0. The smallest absolute Gasteiger partial charge is 0.406 e. The lowest BCUT2D eigenvalue weighted by atomic mass is 10.2. The molecule has 1 fully saturated rings. The molecule has 0 bridgehead atoms. The first-order valence-corrected chi connectivity index (χ1v) is 8.81. The Morgan fingerprint density at radius 2 is 1.96 bits per heavy atom. The monoisotopic (exact) mass is 396 g/mol. The largest absolute Gasteiger partial charge is 0.451 e. The van der Waals surface area contributed by atoms with E-state index in [0.29, 0.717) is 15.8 Å². The zero-order valence-corrected chi connectivity index (χ0v) is 15.1. The minimum atomic E-state index is -4.55. The van der Waals surface area contributed by atoms with Crippen LogP contribution >= 0.6 is 0 Å². The molecule has 9 heteroatoms. The molecule has 0 aliphatic heterocycles. The van der Waals surface area contributed by atoms with E-state index < -0.39 is 42.7 Å². The van der Waals surface area contributed by atoms with E-state index in [2.05, 4.69) is 4.98 Å². The molecule has 28 heavy (non-hydrogen) atoms. The lowest BCUT2D eigenvalue weighted by molar-refractivity contribution is -0.167. The fraction of sp³-hybridized carbons (Fsp3) is 0.421. The van der Waals surface area contributed by atoms with Crippen molar-refractivity contribution >= 4 is 22.8 Å². The van der Waals surface area contributed by atoms with Crippen LogP contribution in [0, 0.1) is 5.92 Å². The maximum atomic E-state index is 12.8. The number of H-pyrrole nitrogens is 1. The quantitative estimate of drug-likeness (QED) is 0.762. The van der Waals surface area contributed by atoms with Gasteiger partial charge in [0.1, 0.15) is 12.2 Å². The van der Waals surface area contributed by atoms with Crippen LogP contribution in [0.4, 0.5) is 13.2 Å². The highest BCUT2D eigenvalue weighted by molar-refractivity contribution is 5.92. The van der Waals surface area contributed by atoms with Crippen LogP contribution in [0.3, 0.4) is 0 Å². The van der Waals surface area contributed by atoms with Crippen LogP contribution in [0.2, 0.25) is 0 Å². The van der Waals surface area contributed by atoms with Gasteiger partial charge in [0.05, 0.1) is 0 Å². The number of nitrogens with zero attached hydrogens (tertiary/aromatic N) is 1. The number of halogens is 3. The first-order valence-electron chi connectivity index (χ1n) is 8.81. The number of rotatable bonds is 6. The van der Waals surface area contributed by atoms with Gasteiger partial charge in [0.15, 0.2) is 12.0 Å². The topological polar surface area (TPSA) is 79.5 Å². The average Bonchev–Trinajstić information content (AvgIpc) is 3.47. The minimum Gasteiger partial charge on any atom is -0.451 e. The number of alkyl halides is 3. The highest BCUT2D eigenvalue weighted by Crippen LogP contribution is 2.36. The van der Waals surface area contributed by atoms with Gasteiger partial charge in [-0.1, -0.05) is 12.1 Å². The number of carbonyl (C=O) groups excluding carboxylic acids is 2. The molecule has 1 atom stereocenters. The van der Waals surface area contributed by atoms with Gasteiger partial charge in [0.2, 0.25) is 0 Å². The second kappa shape index (κ2) is 7.65. The third-order valence-electron chi connectivity index (χ3n) is 4.75. The molecule has 1 aromatic carbocycles. The van der Waals surface area contributed by atoms with E-state index in [9.17, 15) is 27.6 Å². The lowest BCUT2D eigenvalue weighted by Gasteiger charge is -2.30. The zero-order chi connectivity index (χ0) is 20.5. The predicted octanol–water partition coefficient (Wildman–Crippen LogP) is 2.87. The number of pyridine rings is 1. The van der Waals surface area contributed by atoms with Gasteiger partial charge >= 0.3 is 12.1 Å². The van der Waals surface area contributed by atoms with Crippen LogP contribution in [0.25, 0.3) is 10.9 Å². The van der Waals surface area contributed by atoms with Crippen LogP contribution in [0.15, 0.2) is 35.1 Å². The Labute approximate surface area is 158 Å². The first kappa shape index (κ1) is 19.9. The van der Waals surface area contributed by atoms with Crippen LogP contribution in [0.5, 0.6) is 0 Å². The van der Waals surface area contributed by atoms with E-state index in [1.807, 2.05) is 0 Å². The van der Waals surface area contributed by atoms with Crippen molar-refractivity contribution in [3.63, 3.8) is 0 Å². The number of amides is 1. The van der Waals surface area contributed by atoms with Gasteiger partial charge in [-0.05, 0) is 37.8 Å². The van der Waals surface area contributed by atoms with Crippen molar-refractivity contribution in [2.75, 3.05) is 13.2 Å². The summed E-state index contributed by atoms with van der Waals surface area (Å²) in [5.74, 6) is -1.88. The fourth-order valence-electron chi connectivity index (χ4n) is 3.08. The maximum Gasteiger partial charge on any atom is 0.406 e. The number of ether oxygens (including phenoxy) is 1. The van der Waals surface area contributed by atoms with Gasteiger partial charge in [-0.3, -0.25) is 9.59 Å². The summed E-state index contributed by atoms with van der Waals surface area (Å²) in [4.78, 5) is 40.0. The number of hydrogen-bond donors (Lipinski definition) is 1. The second-order valence-corrected chi connectivity index (χ2v) is 6.88. The molecule has 0 saturated heterocycles. The summed E-state index contributed by atoms with van der Waals surface area (Å²) in [5.41, 5.74) is -0.169. The van der Waals surface area contributed by atoms with Gasteiger partial charge in [0.25, 0.3) is 5.91 Å². The van der Waals surface area contributed by atoms with E-state index in [4.69, 9.17) is 4.74 Å². The van der Waals surface area contributed by atoms with Crippen LogP contribution < -0.4 is 5.43 Å². The third kappa shape index (κ3) is 4.71. The van der Waals surface area contributed by atoms with E-state index in [-0.39, 0.29) is 11.6 Å². The standard InChI is InChI=1S/C19H19F3N2O4/c1-11(12-6-7-12)24(10-19(20,21)22)17(26)9-28-18(27)15-8-16(25)13-4-2-3-5-14(13)23-15/h2-5,8,11-12H,6-7,9-10H2,1H3,(H,23,25)/t11-/m1/s1. The third-order valence-corrected chi connectivity index (χ3v) is 4.75. The van der Waals surface area contributed by atoms with Gasteiger partial charge in [-0.15, -0.1) is 0 Å². The number of benzene rings is 1. The van der Waals surface area contributed by atoms with E-state index in [1.165, 1.54) is 0 Å². The average molecular weight is 396 g/mol. The van der Waals surface area contributed by atoms with Gasteiger partial charge in [0, 0.05) is 23.0 Å². The Kier molecular flexibility index (Phi) is 5.44. The summed E-state index contributed by atoms with van der Waals surface area (Å²) in [5, 5.41) is 0.379. The van der Waals surface area contributed by atoms with Crippen molar-refractivity contribution in [3.05, 3.63) is 46.2 Å². The summed E-state index contributed by atoms with van der Waals surface area (Å²) in [6, 6.07) is 6.97. The molecule has 1 saturated carbocycles. The molecule has 1 aliphatic carbocycles. The number of esters is 1. The van der Waals surface area contributed by atoms with Gasteiger partial charge in [-0.2, -0.15) is 13.2 Å². The van der Waals surface area contributed by atoms with Crippen LogP contribution in [-0.2, 0) is 9.53 Å². The Bertz CT molecular complexity index is 950.